The van der Waals surface area contributed by atoms with E-state index in [9.17, 15) is 8.78 Å². The topological polar surface area (TPSA) is 28.7 Å². The molecule has 3 rings (SSSR count). The van der Waals surface area contributed by atoms with Gasteiger partial charge >= 0.3 is 0 Å². The second-order valence-electron chi connectivity index (χ2n) is 3.99. The molecule has 0 aliphatic heterocycles. The predicted molar refractivity (Wildman–Crippen MR) is 66.5 cm³/mol. The Balaban J connectivity index is 2.27. The van der Waals surface area contributed by atoms with Crippen molar-refractivity contribution in [2.45, 2.75) is 6.43 Å². The van der Waals surface area contributed by atoms with E-state index in [1.807, 2.05) is 6.07 Å². The van der Waals surface area contributed by atoms with Gasteiger partial charge in [-0.1, -0.05) is 24.3 Å². The number of rotatable bonds is 2. The largest absolute Gasteiger partial charge is 0.346 e. The third-order valence-corrected chi connectivity index (χ3v) is 2.94. The first-order chi connectivity index (χ1) is 8.77. The van der Waals surface area contributed by atoms with E-state index in [0.29, 0.717) is 11.2 Å². The summed E-state index contributed by atoms with van der Waals surface area (Å²) in [7, 11) is 0. The van der Waals surface area contributed by atoms with Gasteiger partial charge in [-0.2, -0.15) is 0 Å². The minimum Gasteiger partial charge on any atom is -0.346 e. The number of halogens is 2. The summed E-state index contributed by atoms with van der Waals surface area (Å²) in [4.78, 5) is 7.16. The molecule has 0 aliphatic carbocycles. The van der Waals surface area contributed by atoms with Crippen LogP contribution in [0.2, 0.25) is 0 Å². The Labute approximate surface area is 102 Å². The van der Waals surface area contributed by atoms with Crippen molar-refractivity contribution >= 4 is 11.0 Å². The first kappa shape index (κ1) is 10.9. The van der Waals surface area contributed by atoms with Crippen molar-refractivity contribution in [2.24, 2.45) is 0 Å². The van der Waals surface area contributed by atoms with Crippen molar-refractivity contribution in [1.29, 1.82) is 0 Å². The summed E-state index contributed by atoms with van der Waals surface area (Å²) >= 11 is 0. The lowest BCUT2D eigenvalue weighted by molar-refractivity contribution is 0.152. The highest BCUT2D eigenvalue weighted by Crippen LogP contribution is 2.34. The molecule has 3 aromatic rings. The Morgan fingerprint density at radius 2 is 1.83 bits per heavy atom. The zero-order valence-electron chi connectivity index (χ0n) is 9.40. The number of hydrogen-bond donors (Lipinski definition) is 1. The number of benzene rings is 1. The summed E-state index contributed by atoms with van der Waals surface area (Å²) < 4.78 is 26.0. The van der Waals surface area contributed by atoms with Crippen molar-refractivity contribution < 1.29 is 8.78 Å². The molecule has 0 aliphatic rings. The highest BCUT2D eigenvalue weighted by atomic mass is 19.3. The lowest BCUT2D eigenvalue weighted by atomic mass is 10.0. The molecule has 0 atom stereocenters. The highest BCUT2D eigenvalue weighted by Gasteiger charge is 2.15. The minimum absolute atomic E-state index is 0.0438. The zero-order chi connectivity index (χ0) is 12.5. The van der Waals surface area contributed by atoms with Gasteiger partial charge in [-0.05, 0) is 17.7 Å². The number of H-pyrrole nitrogens is 1. The van der Waals surface area contributed by atoms with E-state index >= 15 is 0 Å². The normalized spacial score (nSPS) is 11.3. The number of alkyl halides is 2. The van der Waals surface area contributed by atoms with Gasteiger partial charge in [0.15, 0.2) is 0 Å². The third kappa shape index (κ3) is 1.66. The Hall–Kier alpha value is -2.23. The molecule has 18 heavy (non-hydrogen) atoms. The Kier molecular flexibility index (Phi) is 2.55. The monoisotopic (exact) mass is 244 g/mol. The predicted octanol–water partition coefficient (Wildman–Crippen LogP) is 4.17. The van der Waals surface area contributed by atoms with Crippen LogP contribution < -0.4 is 0 Å². The molecule has 2 nitrogen and oxygen atoms in total. The molecule has 1 aromatic carbocycles. The van der Waals surface area contributed by atoms with E-state index in [1.54, 1.807) is 36.7 Å². The van der Waals surface area contributed by atoms with Gasteiger partial charge in [0.2, 0.25) is 0 Å². The van der Waals surface area contributed by atoms with Crippen LogP contribution in [0.5, 0.6) is 0 Å². The van der Waals surface area contributed by atoms with Crippen molar-refractivity contribution in [2.75, 3.05) is 0 Å². The van der Waals surface area contributed by atoms with E-state index in [0.717, 1.165) is 10.9 Å². The van der Waals surface area contributed by atoms with Crippen LogP contribution in [-0.2, 0) is 0 Å². The maximum Gasteiger partial charge on any atom is 0.264 e. The molecular weight excluding hydrogens is 234 g/mol. The summed E-state index contributed by atoms with van der Waals surface area (Å²) in [5, 5.41) is 0.852. The molecule has 2 heterocycles. The maximum absolute atomic E-state index is 13.0. The minimum atomic E-state index is -2.48. The summed E-state index contributed by atoms with van der Waals surface area (Å²) in [5.74, 6) is 0. The van der Waals surface area contributed by atoms with Gasteiger partial charge in [0, 0.05) is 28.9 Å². The number of nitrogens with zero attached hydrogens (tertiary/aromatic N) is 1. The highest BCUT2D eigenvalue weighted by molar-refractivity contribution is 5.94. The summed E-state index contributed by atoms with van der Waals surface area (Å²) in [6.45, 7) is 0. The number of hydrogen-bond acceptors (Lipinski definition) is 1. The van der Waals surface area contributed by atoms with Crippen LogP contribution in [0.4, 0.5) is 8.78 Å². The van der Waals surface area contributed by atoms with E-state index in [1.165, 1.54) is 6.07 Å². The van der Waals surface area contributed by atoms with Crippen LogP contribution in [0.1, 0.15) is 12.0 Å². The van der Waals surface area contributed by atoms with Gasteiger partial charge < -0.3 is 4.98 Å². The van der Waals surface area contributed by atoms with Gasteiger partial charge in [-0.25, -0.2) is 13.8 Å². The second kappa shape index (κ2) is 4.22. The molecule has 0 saturated carbocycles. The van der Waals surface area contributed by atoms with Crippen LogP contribution >= 0.6 is 0 Å². The quantitative estimate of drug-likeness (QED) is 0.720. The fourth-order valence-corrected chi connectivity index (χ4v) is 2.11. The van der Waals surface area contributed by atoms with Crippen molar-refractivity contribution in [3.05, 3.63) is 54.4 Å². The summed E-state index contributed by atoms with van der Waals surface area (Å²) in [6, 6.07) is 10.2. The third-order valence-electron chi connectivity index (χ3n) is 2.94. The second-order valence-corrected chi connectivity index (χ2v) is 3.99. The standard InChI is InChI=1S/C14H10F2N2/c15-13(16)10-5-2-1-4-9(10)12-8-18-14-11(12)6-3-7-17-14/h1-8,13H,(H,17,18). The van der Waals surface area contributed by atoms with Crippen LogP contribution in [-0.4, -0.2) is 9.97 Å². The molecule has 90 valence electrons. The van der Waals surface area contributed by atoms with Gasteiger partial charge in [-0.3, -0.25) is 0 Å². The van der Waals surface area contributed by atoms with Crippen molar-refractivity contribution in [1.82, 2.24) is 9.97 Å². The Morgan fingerprint density at radius 1 is 1.00 bits per heavy atom. The summed E-state index contributed by atoms with van der Waals surface area (Å²) in [6.07, 6.45) is 0.906. The zero-order valence-corrected chi connectivity index (χ0v) is 9.40. The average Bonchev–Trinajstić information content (AvgIpc) is 2.82. The van der Waals surface area contributed by atoms with E-state index < -0.39 is 6.43 Å². The molecule has 2 aromatic heterocycles. The molecule has 0 spiro atoms. The molecular formula is C14H10F2N2. The molecule has 0 fully saturated rings. The van der Waals surface area contributed by atoms with Crippen LogP contribution in [0.25, 0.3) is 22.2 Å². The summed E-state index contributed by atoms with van der Waals surface area (Å²) in [5.41, 5.74) is 2.06. The molecule has 4 heteroatoms. The molecule has 0 unspecified atom stereocenters. The lowest BCUT2D eigenvalue weighted by Gasteiger charge is -2.07. The van der Waals surface area contributed by atoms with Crippen molar-refractivity contribution in [3.8, 4) is 11.1 Å². The maximum atomic E-state index is 13.0. The molecule has 0 bridgehead atoms. The molecule has 0 radical (unpaired) electrons. The smallest absolute Gasteiger partial charge is 0.264 e. The number of pyridine rings is 1. The first-order valence-corrected chi connectivity index (χ1v) is 5.57. The Bertz CT molecular complexity index is 689. The Morgan fingerprint density at radius 3 is 2.67 bits per heavy atom. The lowest BCUT2D eigenvalue weighted by Crippen LogP contribution is -1.88. The molecule has 1 N–H and O–H groups in total. The van der Waals surface area contributed by atoms with E-state index in [2.05, 4.69) is 9.97 Å². The van der Waals surface area contributed by atoms with Crippen LogP contribution in [0.15, 0.2) is 48.8 Å². The number of fused-ring (bicyclic) bond motifs is 1. The van der Waals surface area contributed by atoms with Crippen LogP contribution in [0, 0.1) is 0 Å². The van der Waals surface area contributed by atoms with Crippen molar-refractivity contribution in [3.63, 3.8) is 0 Å². The fraction of sp³-hybridized carbons (Fsp3) is 0.0714. The number of aromatic amines is 1. The van der Waals surface area contributed by atoms with Crippen LogP contribution in [0.3, 0.4) is 0 Å². The molecule has 0 amide bonds. The van der Waals surface area contributed by atoms with E-state index in [-0.39, 0.29) is 5.56 Å². The van der Waals surface area contributed by atoms with Gasteiger partial charge in [0.05, 0.1) is 0 Å². The molecule has 0 saturated heterocycles. The average molecular weight is 244 g/mol. The number of nitrogens with one attached hydrogen (secondary N) is 1. The van der Waals surface area contributed by atoms with E-state index in [4.69, 9.17) is 0 Å². The SMILES string of the molecule is FC(F)c1ccccc1-c1c[nH]c2ncccc12. The number of aromatic nitrogens is 2. The van der Waals surface area contributed by atoms with Gasteiger partial charge in [0.1, 0.15) is 5.65 Å². The fourth-order valence-electron chi connectivity index (χ4n) is 2.11. The first-order valence-electron chi connectivity index (χ1n) is 5.57. The van der Waals surface area contributed by atoms with Gasteiger partial charge in [0.25, 0.3) is 6.43 Å². The van der Waals surface area contributed by atoms with Gasteiger partial charge in [-0.15, -0.1) is 0 Å².